The molecule has 0 radical (unpaired) electrons. The number of thiol groups is 1. The Labute approximate surface area is 168 Å². The van der Waals surface area contributed by atoms with E-state index < -0.39 is 16.5 Å². The molecule has 2 aliphatic rings. The number of hydrogen-bond donors (Lipinski definition) is 2. The zero-order valence-corrected chi connectivity index (χ0v) is 17.0. The summed E-state index contributed by atoms with van der Waals surface area (Å²) in [6, 6.07) is 14.9. The number of hydrogen-bond acceptors (Lipinski definition) is 2. The predicted molar refractivity (Wildman–Crippen MR) is 117 cm³/mol. The van der Waals surface area contributed by atoms with Crippen molar-refractivity contribution in [3.63, 3.8) is 0 Å². The lowest BCUT2D eigenvalue weighted by Gasteiger charge is -2.27. The highest BCUT2D eigenvalue weighted by atomic mass is 32.2. The van der Waals surface area contributed by atoms with Gasteiger partial charge in [0.1, 0.15) is 5.60 Å². The number of imidazole rings is 1. The van der Waals surface area contributed by atoms with Gasteiger partial charge in [0.25, 0.3) is 0 Å². The summed E-state index contributed by atoms with van der Waals surface area (Å²) >= 11 is 0. The second-order valence-electron chi connectivity index (χ2n) is 7.56. The molecule has 28 heavy (non-hydrogen) atoms. The lowest BCUT2D eigenvalue weighted by atomic mass is 9.90. The second kappa shape index (κ2) is 6.50. The smallest absolute Gasteiger partial charge is 0.155 e. The molecule has 1 N–H and O–H groups in total. The first-order valence-electron chi connectivity index (χ1n) is 9.73. The average Bonchev–Trinajstić information content (AvgIpc) is 3.43. The van der Waals surface area contributed by atoms with E-state index >= 15 is 0 Å². The highest BCUT2D eigenvalue weighted by Gasteiger charge is 2.32. The Bertz CT molecular complexity index is 1110. The standard InChI is InChI=1S/C24H24N2OS/c1-3-26-22(16-25-23(26)28-12-6-7-13-28)24(2,27)19-10-11-21-18(15-19)14-17-8-4-5-9-20(17)21/h4-13,15-16,27-28H,3,14H2,1-2H3. The van der Waals surface area contributed by atoms with E-state index in [4.69, 9.17) is 4.98 Å². The van der Waals surface area contributed by atoms with Crippen LogP contribution < -0.4 is 0 Å². The Morgan fingerprint density at radius 3 is 2.61 bits per heavy atom. The van der Waals surface area contributed by atoms with E-state index in [1.54, 1.807) is 0 Å². The molecule has 1 aliphatic heterocycles. The summed E-state index contributed by atoms with van der Waals surface area (Å²) in [5.41, 5.74) is 5.93. The molecule has 0 saturated carbocycles. The minimum absolute atomic E-state index is 0.518. The number of nitrogens with zero attached hydrogens (tertiary/aromatic N) is 2. The van der Waals surface area contributed by atoms with Gasteiger partial charge in [-0.25, -0.2) is 4.98 Å². The van der Waals surface area contributed by atoms with Gasteiger partial charge in [-0.15, -0.1) is 0 Å². The summed E-state index contributed by atoms with van der Waals surface area (Å²) in [6.45, 7) is 4.79. The largest absolute Gasteiger partial charge is 0.379 e. The first-order valence-corrected chi connectivity index (χ1v) is 11.2. The van der Waals surface area contributed by atoms with Crippen LogP contribution in [0.2, 0.25) is 0 Å². The molecule has 0 bridgehead atoms. The molecule has 1 unspecified atom stereocenters. The highest BCUT2D eigenvalue weighted by Crippen LogP contribution is 2.44. The van der Waals surface area contributed by atoms with Crippen molar-refractivity contribution in [1.82, 2.24) is 9.55 Å². The van der Waals surface area contributed by atoms with Gasteiger partial charge in [-0.1, -0.05) is 54.6 Å². The Kier molecular flexibility index (Phi) is 4.07. The predicted octanol–water partition coefficient (Wildman–Crippen LogP) is 5.13. The second-order valence-corrected chi connectivity index (χ2v) is 9.37. The number of aromatic nitrogens is 2. The topological polar surface area (TPSA) is 38.0 Å². The molecule has 1 aromatic heterocycles. The molecule has 3 aromatic rings. The number of aliphatic hydroxyl groups is 1. The molecule has 0 saturated heterocycles. The highest BCUT2D eigenvalue weighted by molar-refractivity contribution is 8.22. The molecule has 3 nitrogen and oxygen atoms in total. The van der Waals surface area contributed by atoms with Crippen molar-refractivity contribution in [2.45, 2.75) is 37.6 Å². The summed E-state index contributed by atoms with van der Waals surface area (Å²) in [7, 11) is -0.518. The molecule has 0 spiro atoms. The summed E-state index contributed by atoms with van der Waals surface area (Å²) in [5.74, 6) is 0. The van der Waals surface area contributed by atoms with Crippen molar-refractivity contribution in [2.24, 2.45) is 0 Å². The zero-order chi connectivity index (χ0) is 19.3. The fraction of sp³-hybridized carbons (Fsp3) is 0.208. The maximum atomic E-state index is 11.6. The summed E-state index contributed by atoms with van der Waals surface area (Å²) in [6.07, 6.45) is 6.93. The van der Waals surface area contributed by atoms with E-state index in [0.717, 1.165) is 29.4 Å². The van der Waals surface area contributed by atoms with Crippen molar-refractivity contribution < 1.29 is 5.11 Å². The van der Waals surface area contributed by atoms with Gasteiger partial charge in [0.05, 0.1) is 11.9 Å². The van der Waals surface area contributed by atoms with E-state index in [0.29, 0.717) is 0 Å². The van der Waals surface area contributed by atoms with Gasteiger partial charge in [-0.3, -0.25) is 0 Å². The van der Waals surface area contributed by atoms with Crippen LogP contribution in [-0.4, -0.2) is 14.7 Å². The number of benzene rings is 2. The molecule has 5 rings (SSSR count). The monoisotopic (exact) mass is 388 g/mol. The molecule has 4 heteroatoms. The lowest BCUT2D eigenvalue weighted by Crippen LogP contribution is -2.26. The van der Waals surface area contributed by atoms with Gasteiger partial charge >= 0.3 is 0 Å². The maximum Gasteiger partial charge on any atom is 0.155 e. The molecule has 0 amide bonds. The molecule has 1 atom stereocenters. The van der Waals surface area contributed by atoms with Crippen molar-refractivity contribution in [3.8, 4) is 11.1 Å². The van der Waals surface area contributed by atoms with Gasteiger partial charge < -0.3 is 9.67 Å². The molecule has 2 heterocycles. The van der Waals surface area contributed by atoms with Gasteiger partial charge in [-0.05, 0) is 58.9 Å². The van der Waals surface area contributed by atoms with E-state index in [2.05, 4.69) is 76.9 Å². The first kappa shape index (κ1) is 17.5. The molecule has 1 aliphatic carbocycles. The lowest BCUT2D eigenvalue weighted by molar-refractivity contribution is 0.0923. The van der Waals surface area contributed by atoms with E-state index in [1.807, 2.05) is 13.1 Å². The maximum absolute atomic E-state index is 11.6. The Morgan fingerprint density at radius 1 is 1.07 bits per heavy atom. The molecular weight excluding hydrogens is 364 g/mol. The van der Waals surface area contributed by atoms with Gasteiger partial charge in [0.2, 0.25) is 0 Å². The van der Waals surface area contributed by atoms with Crippen molar-refractivity contribution in [2.75, 3.05) is 0 Å². The number of allylic oxidation sites excluding steroid dienone is 2. The fourth-order valence-corrected chi connectivity index (χ4v) is 5.99. The minimum Gasteiger partial charge on any atom is -0.379 e. The van der Waals surface area contributed by atoms with Gasteiger partial charge in [-0.2, -0.15) is 10.9 Å². The van der Waals surface area contributed by atoms with Crippen LogP contribution in [-0.2, 0) is 18.6 Å². The van der Waals surface area contributed by atoms with Crippen molar-refractivity contribution >= 4 is 10.9 Å². The van der Waals surface area contributed by atoms with Crippen LogP contribution in [0.15, 0.2) is 76.8 Å². The van der Waals surface area contributed by atoms with Crippen LogP contribution in [0.4, 0.5) is 0 Å². The molecule has 0 fully saturated rings. The Morgan fingerprint density at radius 2 is 1.82 bits per heavy atom. The van der Waals surface area contributed by atoms with Crippen LogP contribution >= 0.6 is 10.9 Å². The number of fused-ring (bicyclic) bond motifs is 3. The first-order chi connectivity index (χ1) is 13.6. The third kappa shape index (κ3) is 2.60. The summed E-state index contributed by atoms with van der Waals surface area (Å²) in [5, 5.41) is 17.0. The minimum atomic E-state index is -1.09. The quantitative estimate of drug-likeness (QED) is 0.476. The normalized spacial score (nSPS) is 17.6. The Hall–Kier alpha value is -2.56. The van der Waals surface area contributed by atoms with Crippen LogP contribution in [0.3, 0.4) is 0 Å². The molecule has 2 aromatic carbocycles. The molecular formula is C24H24N2OS. The van der Waals surface area contributed by atoms with Crippen LogP contribution in [0.5, 0.6) is 0 Å². The number of rotatable bonds is 4. The Balaban J connectivity index is 1.56. The van der Waals surface area contributed by atoms with Crippen molar-refractivity contribution in [3.05, 3.63) is 94.0 Å². The van der Waals surface area contributed by atoms with Crippen LogP contribution in [0, 0.1) is 0 Å². The van der Waals surface area contributed by atoms with E-state index in [1.165, 1.54) is 22.3 Å². The third-order valence-electron chi connectivity index (χ3n) is 5.84. The zero-order valence-electron chi connectivity index (χ0n) is 16.1. The van der Waals surface area contributed by atoms with E-state index in [9.17, 15) is 5.11 Å². The average molecular weight is 389 g/mol. The van der Waals surface area contributed by atoms with Crippen LogP contribution in [0.25, 0.3) is 11.1 Å². The van der Waals surface area contributed by atoms with Gasteiger partial charge in [0, 0.05) is 6.54 Å². The third-order valence-corrected chi connectivity index (χ3v) is 7.65. The van der Waals surface area contributed by atoms with Gasteiger partial charge in [0.15, 0.2) is 5.16 Å². The van der Waals surface area contributed by atoms with Crippen molar-refractivity contribution in [1.29, 1.82) is 0 Å². The van der Waals surface area contributed by atoms with Crippen LogP contribution in [0.1, 0.15) is 36.2 Å². The van der Waals surface area contributed by atoms with E-state index in [-0.39, 0.29) is 0 Å². The molecule has 142 valence electrons. The SMILES string of the molecule is CCn1c(C(C)(O)c2ccc3c(c2)Cc2ccccc2-3)cnc1[SH]1C=CC=C1. The fourth-order valence-electron chi connectivity index (χ4n) is 4.34. The summed E-state index contributed by atoms with van der Waals surface area (Å²) in [4.78, 5) is 4.69. The summed E-state index contributed by atoms with van der Waals surface area (Å²) < 4.78 is 2.17.